The first kappa shape index (κ1) is 11.4. The third kappa shape index (κ3) is 3.62. The van der Waals surface area contributed by atoms with Crippen molar-refractivity contribution in [2.75, 3.05) is 11.9 Å². The van der Waals surface area contributed by atoms with E-state index in [1.54, 1.807) is 11.3 Å². The van der Waals surface area contributed by atoms with E-state index in [2.05, 4.69) is 50.1 Å². The van der Waals surface area contributed by atoms with Crippen LogP contribution in [0.25, 0.3) is 0 Å². The molecule has 1 rings (SSSR count). The van der Waals surface area contributed by atoms with Crippen LogP contribution in [0.15, 0.2) is 0 Å². The van der Waals surface area contributed by atoms with Crippen LogP contribution in [0.3, 0.4) is 0 Å². The van der Waals surface area contributed by atoms with Crippen molar-refractivity contribution in [1.29, 1.82) is 0 Å². The largest absolute Gasteiger partial charge is 0.360 e. The highest BCUT2D eigenvalue weighted by molar-refractivity contribution is 7.15. The van der Waals surface area contributed by atoms with Crippen molar-refractivity contribution >= 4 is 16.5 Å². The Hall–Kier alpha value is -0.640. The fourth-order valence-corrected chi connectivity index (χ4v) is 1.62. The molecule has 0 saturated heterocycles. The summed E-state index contributed by atoms with van der Waals surface area (Å²) < 4.78 is 0. The van der Waals surface area contributed by atoms with Crippen LogP contribution in [-0.4, -0.2) is 16.7 Å². The second-order valence-corrected chi connectivity index (χ2v) is 6.02. The van der Waals surface area contributed by atoms with Gasteiger partial charge in [0.1, 0.15) is 5.01 Å². The molecule has 0 amide bonds. The molecule has 1 aromatic rings. The number of hydrogen-bond donors (Lipinski definition) is 1. The molecule has 0 aliphatic carbocycles. The Morgan fingerprint density at radius 3 is 2.36 bits per heavy atom. The van der Waals surface area contributed by atoms with Gasteiger partial charge in [-0.3, -0.25) is 0 Å². The third-order valence-electron chi connectivity index (χ3n) is 1.70. The number of aromatic nitrogens is 2. The van der Waals surface area contributed by atoms with Crippen molar-refractivity contribution < 1.29 is 0 Å². The molecule has 1 N–H and O–H groups in total. The predicted molar refractivity (Wildman–Crippen MR) is 61.9 cm³/mol. The molecule has 1 aromatic heterocycles. The highest BCUT2D eigenvalue weighted by atomic mass is 32.1. The van der Waals surface area contributed by atoms with Gasteiger partial charge in [0.15, 0.2) is 0 Å². The van der Waals surface area contributed by atoms with Gasteiger partial charge in [0, 0.05) is 12.5 Å². The number of hydrogen-bond acceptors (Lipinski definition) is 4. The lowest BCUT2D eigenvalue weighted by atomic mass is 9.97. The molecule has 14 heavy (non-hydrogen) atoms. The Bertz CT molecular complexity index is 286. The van der Waals surface area contributed by atoms with E-state index in [1.165, 1.54) is 0 Å². The van der Waals surface area contributed by atoms with Crippen molar-refractivity contribution in [3.05, 3.63) is 5.01 Å². The molecule has 0 saturated carbocycles. The standard InChI is InChI=1S/C10H19N3S/c1-7(2)8-12-13-9(14-8)11-6-10(3,4)5/h7H,6H2,1-5H3,(H,11,13). The van der Waals surface area contributed by atoms with Crippen molar-refractivity contribution in [2.45, 2.75) is 40.5 Å². The van der Waals surface area contributed by atoms with Gasteiger partial charge in [-0.25, -0.2) is 0 Å². The highest BCUT2D eigenvalue weighted by Gasteiger charge is 2.12. The van der Waals surface area contributed by atoms with Crippen LogP contribution in [0.1, 0.15) is 45.5 Å². The molecule has 0 bridgehead atoms. The molecule has 0 spiro atoms. The minimum atomic E-state index is 0.281. The normalized spacial score (nSPS) is 12.1. The third-order valence-corrected chi connectivity index (χ3v) is 2.89. The summed E-state index contributed by atoms with van der Waals surface area (Å²) in [4.78, 5) is 0. The number of nitrogens with zero attached hydrogens (tertiary/aromatic N) is 2. The number of rotatable bonds is 3. The molecule has 0 unspecified atom stereocenters. The smallest absolute Gasteiger partial charge is 0.205 e. The van der Waals surface area contributed by atoms with Gasteiger partial charge < -0.3 is 5.32 Å². The number of anilines is 1. The molecule has 0 atom stereocenters. The van der Waals surface area contributed by atoms with Gasteiger partial charge in [-0.05, 0) is 5.41 Å². The quantitative estimate of drug-likeness (QED) is 0.838. The summed E-state index contributed by atoms with van der Waals surface area (Å²) in [5.41, 5.74) is 0.281. The van der Waals surface area contributed by atoms with Crippen molar-refractivity contribution in [2.24, 2.45) is 5.41 Å². The lowest BCUT2D eigenvalue weighted by molar-refractivity contribution is 0.443. The molecule has 1 heterocycles. The second kappa shape index (κ2) is 4.26. The van der Waals surface area contributed by atoms with E-state index in [9.17, 15) is 0 Å². The van der Waals surface area contributed by atoms with Crippen molar-refractivity contribution in [3.8, 4) is 0 Å². The van der Waals surface area contributed by atoms with E-state index in [0.29, 0.717) is 5.92 Å². The summed E-state index contributed by atoms with van der Waals surface area (Å²) in [6, 6.07) is 0. The maximum absolute atomic E-state index is 4.12. The van der Waals surface area contributed by atoms with Crippen LogP contribution in [-0.2, 0) is 0 Å². The van der Waals surface area contributed by atoms with Crippen molar-refractivity contribution in [3.63, 3.8) is 0 Å². The van der Waals surface area contributed by atoms with E-state index >= 15 is 0 Å². The number of nitrogens with one attached hydrogen (secondary N) is 1. The molecule has 0 aliphatic rings. The monoisotopic (exact) mass is 213 g/mol. The summed E-state index contributed by atoms with van der Waals surface area (Å²) >= 11 is 1.65. The Morgan fingerprint density at radius 1 is 1.29 bits per heavy atom. The zero-order chi connectivity index (χ0) is 10.8. The lowest BCUT2D eigenvalue weighted by Gasteiger charge is -2.17. The van der Waals surface area contributed by atoms with Gasteiger partial charge in [-0.2, -0.15) is 0 Å². The minimum Gasteiger partial charge on any atom is -0.360 e. The molecule has 0 aliphatic heterocycles. The summed E-state index contributed by atoms with van der Waals surface area (Å²) in [5, 5.41) is 13.6. The first-order valence-electron chi connectivity index (χ1n) is 4.96. The first-order valence-corrected chi connectivity index (χ1v) is 5.77. The maximum Gasteiger partial charge on any atom is 0.205 e. The van der Waals surface area contributed by atoms with E-state index in [0.717, 1.165) is 16.7 Å². The van der Waals surface area contributed by atoms with Gasteiger partial charge in [-0.15, -0.1) is 10.2 Å². The van der Waals surface area contributed by atoms with E-state index < -0.39 is 0 Å². The summed E-state index contributed by atoms with van der Waals surface area (Å²) in [5.74, 6) is 0.470. The summed E-state index contributed by atoms with van der Waals surface area (Å²) in [6.45, 7) is 11.8. The zero-order valence-corrected chi connectivity index (χ0v) is 10.4. The molecule has 0 radical (unpaired) electrons. The zero-order valence-electron chi connectivity index (χ0n) is 9.59. The van der Waals surface area contributed by atoms with Crippen LogP contribution >= 0.6 is 11.3 Å². The molecular formula is C10H19N3S. The molecule has 0 aromatic carbocycles. The van der Waals surface area contributed by atoms with Crippen LogP contribution in [0.4, 0.5) is 5.13 Å². The van der Waals surface area contributed by atoms with E-state index in [4.69, 9.17) is 0 Å². The molecule has 80 valence electrons. The van der Waals surface area contributed by atoms with Crippen LogP contribution in [0.5, 0.6) is 0 Å². The van der Waals surface area contributed by atoms with Gasteiger partial charge >= 0.3 is 0 Å². The summed E-state index contributed by atoms with van der Waals surface area (Å²) in [7, 11) is 0. The predicted octanol–water partition coefficient (Wildman–Crippen LogP) is 3.12. The average Bonchev–Trinajstić information content (AvgIpc) is 2.47. The van der Waals surface area contributed by atoms with Gasteiger partial charge in [0.25, 0.3) is 0 Å². The molecule has 0 fully saturated rings. The fourth-order valence-electron chi connectivity index (χ4n) is 0.880. The van der Waals surface area contributed by atoms with Gasteiger partial charge in [0.2, 0.25) is 5.13 Å². The summed E-state index contributed by atoms with van der Waals surface area (Å²) in [6.07, 6.45) is 0. The molecule has 3 nitrogen and oxygen atoms in total. The maximum atomic E-state index is 4.12. The van der Waals surface area contributed by atoms with E-state index in [-0.39, 0.29) is 5.41 Å². The Labute approximate surface area is 89.9 Å². The first-order chi connectivity index (χ1) is 6.38. The SMILES string of the molecule is CC(C)c1nnc(NCC(C)(C)C)s1. The highest BCUT2D eigenvalue weighted by Crippen LogP contribution is 2.23. The van der Waals surface area contributed by atoms with Gasteiger partial charge in [-0.1, -0.05) is 46.0 Å². The van der Waals surface area contributed by atoms with Crippen molar-refractivity contribution in [1.82, 2.24) is 10.2 Å². The molecule has 4 heteroatoms. The lowest BCUT2D eigenvalue weighted by Crippen LogP contribution is -2.18. The topological polar surface area (TPSA) is 37.8 Å². The Kier molecular flexibility index (Phi) is 3.48. The second-order valence-electron chi connectivity index (χ2n) is 5.01. The minimum absolute atomic E-state index is 0.281. The van der Waals surface area contributed by atoms with Gasteiger partial charge in [0.05, 0.1) is 0 Å². The Morgan fingerprint density at radius 2 is 1.93 bits per heavy atom. The average molecular weight is 213 g/mol. The van der Waals surface area contributed by atoms with Crippen LogP contribution < -0.4 is 5.32 Å². The fraction of sp³-hybridized carbons (Fsp3) is 0.800. The Balaban J connectivity index is 2.52. The van der Waals surface area contributed by atoms with Crippen LogP contribution in [0, 0.1) is 5.41 Å². The van der Waals surface area contributed by atoms with E-state index in [1.807, 2.05) is 0 Å². The van der Waals surface area contributed by atoms with Crippen LogP contribution in [0.2, 0.25) is 0 Å². The molecular weight excluding hydrogens is 194 g/mol.